The van der Waals surface area contributed by atoms with E-state index in [0.717, 1.165) is 25.7 Å². The van der Waals surface area contributed by atoms with Gasteiger partial charge in [0.15, 0.2) is 5.60 Å². The van der Waals surface area contributed by atoms with E-state index in [0.29, 0.717) is 12.8 Å². The minimum Gasteiger partial charge on any atom is -0.481 e. The zero-order valence-electron chi connectivity index (χ0n) is 14.1. The van der Waals surface area contributed by atoms with Crippen LogP contribution >= 0.6 is 0 Å². The van der Waals surface area contributed by atoms with Crippen LogP contribution in [0.5, 0.6) is 0 Å². The fourth-order valence-electron chi connectivity index (χ4n) is 2.19. The van der Waals surface area contributed by atoms with Gasteiger partial charge in [0.2, 0.25) is 0 Å². The maximum atomic E-state index is 11.7. The van der Waals surface area contributed by atoms with Gasteiger partial charge in [-0.25, -0.2) is 4.79 Å². The third-order valence-corrected chi connectivity index (χ3v) is 3.50. The van der Waals surface area contributed by atoms with E-state index in [9.17, 15) is 24.3 Å². The first kappa shape index (κ1) is 22.0. The summed E-state index contributed by atoms with van der Waals surface area (Å²) in [5.74, 6) is -4.10. The number of carbonyl (C=O) groups is 4. The SMILES string of the molecule is CC(=O)CCCCCCC(C)OC(=O)CC(O)(CC(=O)O)C(=O)O. The zero-order valence-corrected chi connectivity index (χ0v) is 14.1. The van der Waals surface area contributed by atoms with Gasteiger partial charge in [-0.1, -0.05) is 12.8 Å². The zero-order chi connectivity index (χ0) is 18.8. The second-order valence-electron chi connectivity index (χ2n) is 6.04. The van der Waals surface area contributed by atoms with Gasteiger partial charge in [0.05, 0.1) is 18.9 Å². The molecule has 0 aliphatic rings. The summed E-state index contributed by atoms with van der Waals surface area (Å²) in [6.07, 6.45) is 2.05. The van der Waals surface area contributed by atoms with Crippen LogP contribution in [0.15, 0.2) is 0 Å². The van der Waals surface area contributed by atoms with Crippen LogP contribution in [-0.4, -0.2) is 50.7 Å². The average molecular weight is 346 g/mol. The summed E-state index contributed by atoms with van der Waals surface area (Å²) in [7, 11) is 0. The molecular formula is C16H26O8. The predicted octanol–water partition coefficient (Wildman–Crippen LogP) is 1.53. The summed E-state index contributed by atoms with van der Waals surface area (Å²) in [6, 6.07) is 0. The first-order chi connectivity index (χ1) is 11.1. The van der Waals surface area contributed by atoms with Crippen molar-refractivity contribution in [3.05, 3.63) is 0 Å². The Morgan fingerprint density at radius 1 is 1.00 bits per heavy atom. The number of hydrogen-bond acceptors (Lipinski definition) is 6. The van der Waals surface area contributed by atoms with Crippen molar-refractivity contribution >= 4 is 23.7 Å². The Bertz CT molecular complexity index is 459. The first-order valence-corrected chi connectivity index (χ1v) is 7.93. The Labute approximate surface area is 140 Å². The van der Waals surface area contributed by atoms with Crippen molar-refractivity contribution in [2.24, 2.45) is 0 Å². The van der Waals surface area contributed by atoms with Gasteiger partial charge in [-0.2, -0.15) is 0 Å². The molecule has 0 spiro atoms. The first-order valence-electron chi connectivity index (χ1n) is 7.93. The number of aliphatic carboxylic acids is 2. The number of rotatable bonds is 13. The lowest BCUT2D eigenvalue weighted by Gasteiger charge is -2.21. The number of hydrogen-bond donors (Lipinski definition) is 3. The molecule has 2 atom stereocenters. The van der Waals surface area contributed by atoms with Gasteiger partial charge in [0.1, 0.15) is 5.78 Å². The Morgan fingerprint density at radius 3 is 2.08 bits per heavy atom. The summed E-state index contributed by atoms with van der Waals surface area (Å²) in [4.78, 5) is 44.0. The number of Topliss-reactive ketones (excluding diaryl/α,β-unsaturated/α-hetero) is 1. The van der Waals surface area contributed by atoms with Crippen molar-refractivity contribution in [1.29, 1.82) is 0 Å². The standard InChI is InChI=1S/C16H26O8/c1-11(17)7-5-3-4-6-8-12(2)24-14(20)10-16(23,15(21)22)9-13(18)19/h12,23H,3-10H2,1-2H3,(H,18,19)(H,21,22). The third kappa shape index (κ3) is 9.94. The Hall–Kier alpha value is -1.96. The van der Waals surface area contributed by atoms with Crippen molar-refractivity contribution < 1.29 is 39.2 Å². The normalized spacial score (nSPS) is 14.5. The molecule has 0 heterocycles. The fraction of sp³-hybridized carbons (Fsp3) is 0.750. The monoisotopic (exact) mass is 346 g/mol. The molecule has 0 aliphatic heterocycles. The van der Waals surface area contributed by atoms with Crippen LogP contribution in [0, 0.1) is 0 Å². The third-order valence-electron chi connectivity index (χ3n) is 3.50. The number of ketones is 1. The summed E-state index contributed by atoms with van der Waals surface area (Å²) < 4.78 is 5.01. The van der Waals surface area contributed by atoms with E-state index in [-0.39, 0.29) is 5.78 Å². The predicted molar refractivity (Wildman–Crippen MR) is 83.4 cm³/mol. The van der Waals surface area contributed by atoms with E-state index in [1.165, 1.54) is 0 Å². The van der Waals surface area contributed by atoms with Crippen LogP contribution < -0.4 is 0 Å². The molecule has 24 heavy (non-hydrogen) atoms. The molecule has 0 amide bonds. The Kier molecular flexibility index (Phi) is 9.87. The number of ether oxygens (including phenoxy) is 1. The molecule has 2 unspecified atom stereocenters. The summed E-state index contributed by atoms with van der Waals surface area (Å²) >= 11 is 0. The molecule has 8 nitrogen and oxygen atoms in total. The van der Waals surface area contributed by atoms with Crippen LogP contribution in [0.4, 0.5) is 0 Å². The van der Waals surface area contributed by atoms with Crippen molar-refractivity contribution in [2.75, 3.05) is 0 Å². The largest absolute Gasteiger partial charge is 0.481 e. The minimum absolute atomic E-state index is 0.157. The molecule has 3 N–H and O–H groups in total. The Morgan fingerprint density at radius 2 is 1.58 bits per heavy atom. The number of carboxylic acids is 2. The summed E-state index contributed by atoms with van der Waals surface area (Å²) in [5.41, 5.74) is -2.67. The highest BCUT2D eigenvalue weighted by atomic mass is 16.5. The van der Waals surface area contributed by atoms with Gasteiger partial charge in [-0.15, -0.1) is 0 Å². The van der Waals surface area contributed by atoms with E-state index in [1.54, 1.807) is 13.8 Å². The van der Waals surface area contributed by atoms with Gasteiger partial charge < -0.3 is 24.9 Å². The van der Waals surface area contributed by atoms with Crippen molar-refractivity contribution in [1.82, 2.24) is 0 Å². The van der Waals surface area contributed by atoms with E-state index in [4.69, 9.17) is 14.9 Å². The van der Waals surface area contributed by atoms with E-state index in [1.807, 2.05) is 0 Å². The molecule has 138 valence electrons. The highest BCUT2D eigenvalue weighted by Gasteiger charge is 2.41. The van der Waals surface area contributed by atoms with Gasteiger partial charge in [0.25, 0.3) is 0 Å². The molecule has 0 rings (SSSR count). The number of carbonyl (C=O) groups excluding carboxylic acids is 2. The average Bonchev–Trinajstić information content (AvgIpc) is 2.40. The highest BCUT2D eigenvalue weighted by Crippen LogP contribution is 2.18. The van der Waals surface area contributed by atoms with Crippen molar-refractivity contribution in [2.45, 2.75) is 76.9 Å². The van der Waals surface area contributed by atoms with Gasteiger partial charge in [-0.05, 0) is 33.1 Å². The number of carboxylic acid groups (broad SMARTS) is 2. The van der Waals surface area contributed by atoms with E-state index >= 15 is 0 Å². The van der Waals surface area contributed by atoms with E-state index in [2.05, 4.69) is 0 Å². The molecule has 8 heteroatoms. The lowest BCUT2D eigenvalue weighted by molar-refractivity contribution is -0.173. The minimum atomic E-state index is -2.67. The van der Waals surface area contributed by atoms with Crippen LogP contribution in [0.25, 0.3) is 0 Å². The van der Waals surface area contributed by atoms with E-state index < -0.39 is 42.5 Å². The van der Waals surface area contributed by atoms with Crippen LogP contribution in [0.2, 0.25) is 0 Å². The lowest BCUT2D eigenvalue weighted by Crippen LogP contribution is -2.43. The quantitative estimate of drug-likeness (QED) is 0.337. The van der Waals surface area contributed by atoms with Gasteiger partial charge in [0, 0.05) is 6.42 Å². The molecule has 0 bridgehead atoms. The number of aliphatic hydroxyl groups is 1. The smallest absolute Gasteiger partial charge is 0.336 e. The summed E-state index contributed by atoms with van der Waals surface area (Å²) in [5, 5.41) is 27.3. The molecule has 0 fully saturated rings. The second kappa shape index (κ2) is 10.7. The molecule has 0 aromatic heterocycles. The van der Waals surface area contributed by atoms with Gasteiger partial charge in [-0.3, -0.25) is 9.59 Å². The lowest BCUT2D eigenvalue weighted by atomic mass is 9.96. The molecule has 0 aromatic rings. The maximum Gasteiger partial charge on any atom is 0.336 e. The molecule has 0 aliphatic carbocycles. The van der Waals surface area contributed by atoms with Crippen LogP contribution in [0.1, 0.15) is 65.2 Å². The molecule has 0 aromatic carbocycles. The maximum absolute atomic E-state index is 11.7. The second-order valence-corrected chi connectivity index (χ2v) is 6.04. The topological polar surface area (TPSA) is 138 Å². The fourth-order valence-corrected chi connectivity index (χ4v) is 2.19. The number of unbranched alkanes of at least 4 members (excludes halogenated alkanes) is 3. The van der Waals surface area contributed by atoms with Crippen molar-refractivity contribution in [3.8, 4) is 0 Å². The van der Waals surface area contributed by atoms with Crippen LogP contribution in [-0.2, 0) is 23.9 Å². The van der Waals surface area contributed by atoms with Crippen LogP contribution in [0.3, 0.4) is 0 Å². The molecular weight excluding hydrogens is 320 g/mol. The van der Waals surface area contributed by atoms with Crippen molar-refractivity contribution in [3.63, 3.8) is 0 Å². The molecule has 0 radical (unpaired) electrons. The molecule has 0 saturated carbocycles. The molecule has 0 saturated heterocycles. The van der Waals surface area contributed by atoms with Gasteiger partial charge >= 0.3 is 17.9 Å². The Balaban J connectivity index is 4.14. The summed E-state index contributed by atoms with van der Waals surface area (Å²) in [6.45, 7) is 3.19. The highest BCUT2D eigenvalue weighted by molar-refractivity contribution is 5.88. The number of esters is 1.